The summed E-state index contributed by atoms with van der Waals surface area (Å²) in [5, 5.41) is 0.509. The maximum Gasteiger partial charge on any atom is 0.129 e. The van der Waals surface area contributed by atoms with Crippen molar-refractivity contribution < 1.29 is 4.39 Å². The highest BCUT2D eigenvalue weighted by Crippen LogP contribution is 2.30. The van der Waals surface area contributed by atoms with Crippen molar-refractivity contribution >= 4 is 11.6 Å². The van der Waals surface area contributed by atoms with E-state index in [1.165, 1.54) is 18.9 Å². The van der Waals surface area contributed by atoms with Gasteiger partial charge in [-0.1, -0.05) is 23.7 Å². The first-order chi connectivity index (χ1) is 7.72. The third-order valence-corrected chi connectivity index (χ3v) is 3.20. The molecule has 1 aromatic rings. The van der Waals surface area contributed by atoms with Crippen molar-refractivity contribution in [1.29, 1.82) is 0 Å². The zero-order valence-corrected chi connectivity index (χ0v) is 9.88. The molecule has 0 radical (unpaired) electrons. The minimum atomic E-state index is -0.220. The normalized spacial score (nSPS) is 15.4. The molecule has 16 heavy (non-hydrogen) atoms. The van der Waals surface area contributed by atoms with Crippen LogP contribution in [0.15, 0.2) is 30.9 Å². The summed E-state index contributed by atoms with van der Waals surface area (Å²) in [6.07, 6.45) is 4.24. The molecule has 1 aromatic carbocycles. The van der Waals surface area contributed by atoms with Gasteiger partial charge in [-0.25, -0.2) is 4.39 Å². The van der Waals surface area contributed by atoms with Gasteiger partial charge >= 0.3 is 0 Å². The molecular formula is C13H15ClFN. The van der Waals surface area contributed by atoms with Crippen molar-refractivity contribution in [2.75, 3.05) is 6.54 Å². The van der Waals surface area contributed by atoms with Crippen LogP contribution in [0.1, 0.15) is 18.4 Å². The summed E-state index contributed by atoms with van der Waals surface area (Å²) in [4.78, 5) is 2.22. The first-order valence-electron chi connectivity index (χ1n) is 5.50. The summed E-state index contributed by atoms with van der Waals surface area (Å²) in [7, 11) is 0. The van der Waals surface area contributed by atoms with E-state index < -0.39 is 0 Å². The second-order valence-electron chi connectivity index (χ2n) is 4.15. The second kappa shape index (κ2) is 4.98. The standard InChI is InChI=1S/C13H15ClFN/c1-2-8-16(10-6-7-10)9-11-12(14)4-3-5-13(11)15/h2-5,10H,1,6-9H2. The predicted octanol–water partition coefficient (Wildman–Crippen LogP) is 3.63. The van der Waals surface area contributed by atoms with Crippen molar-refractivity contribution in [3.63, 3.8) is 0 Å². The molecule has 0 N–H and O–H groups in total. The molecule has 1 aliphatic carbocycles. The van der Waals surface area contributed by atoms with Crippen LogP contribution >= 0.6 is 11.6 Å². The molecule has 0 spiro atoms. The number of rotatable bonds is 5. The van der Waals surface area contributed by atoms with Crippen LogP contribution in [0.2, 0.25) is 5.02 Å². The fraction of sp³-hybridized carbons (Fsp3) is 0.385. The molecule has 0 saturated heterocycles. The van der Waals surface area contributed by atoms with Crippen LogP contribution in [0.5, 0.6) is 0 Å². The lowest BCUT2D eigenvalue weighted by Crippen LogP contribution is -2.26. The van der Waals surface area contributed by atoms with E-state index >= 15 is 0 Å². The molecule has 1 saturated carbocycles. The molecule has 2 rings (SSSR count). The van der Waals surface area contributed by atoms with Gasteiger partial charge in [0.2, 0.25) is 0 Å². The lowest BCUT2D eigenvalue weighted by molar-refractivity contribution is 0.279. The van der Waals surface area contributed by atoms with Crippen LogP contribution < -0.4 is 0 Å². The quantitative estimate of drug-likeness (QED) is 0.710. The van der Waals surface area contributed by atoms with Gasteiger partial charge in [0.05, 0.1) is 0 Å². The minimum Gasteiger partial charge on any atom is -0.292 e. The summed E-state index contributed by atoms with van der Waals surface area (Å²) in [5.41, 5.74) is 0.595. The third kappa shape index (κ3) is 2.63. The molecule has 1 aliphatic rings. The summed E-state index contributed by atoms with van der Waals surface area (Å²) in [6, 6.07) is 5.41. The van der Waals surface area contributed by atoms with Crippen molar-refractivity contribution in [3.8, 4) is 0 Å². The Kier molecular flexibility index (Phi) is 3.62. The number of nitrogens with zero attached hydrogens (tertiary/aromatic N) is 1. The van der Waals surface area contributed by atoms with Gasteiger partial charge in [0.15, 0.2) is 0 Å². The van der Waals surface area contributed by atoms with Gasteiger partial charge in [0.1, 0.15) is 5.82 Å². The van der Waals surface area contributed by atoms with Gasteiger partial charge in [0.25, 0.3) is 0 Å². The van der Waals surface area contributed by atoms with Crippen molar-refractivity contribution in [2.45, 2.75) is 25.4 Å². The zero-order valence-electron chi connectivity index (χ0n) is 9.13. The topological polar surface area (TPSA) is 3.24 Å². The molecule has 0 heterocycles. The van der Waals surface area contributed by atoms with Gasteiger partial charge in [-0.05, 0) is 25.0 Å². The minimum absolute atomic E-state index is 0.220. The van der Waals surface area contributed by atoms with Crippen LogP contribution in [-0.4, -0.2) is 17.5 Å². The van der Waals surface area contributed by atoms with E-state index in [4.69, 9.17) is 11.6 Å². The maximum absolute atomic E-state index is 13.6. The Bertz CT molecular complexity index is 367. The molecular weight excluding hydrogens is 225 g/mol. The van der Waals surface area contributed by atoms with Crippen LogP contribution in [-0.2, 0) is 6.54 Å². The van der Waals surface area contributed by atoms with Gasteiger partial charge in [-0.3, -0.25) is 4.90 Å². The Labute approximate surface area is 101 Å². The SMILES string of the molecule is C=CCN(Cc1c(F)cccc1Cl)C1CC1. The molecule has 1 nitrogen and oxygen atoms in total. The molecule has 0 aromatic heterocycles. The number of halogens is 2. The van der Waals surface area contributed by atoms with Gasteiger partial charge in [-0.15, -0.1) is 6.58 Å². The Balaban J connectivity index is 2.14. The Morgan fingerprint density at radius 1 is 1.50 bits per heavy atom. The van der Waals surface area contributed by atoms with Gasteiger partial charge in [-0.2, -0.15) is 0 Å². The van der Waals surface area contributed by atoms with E-state index in [-0.39, 0.29) is 5.82 Å². The first kappa shape index (κ1) is 11.6. The molecule has 86 valence electrons. The van der Waals surface area contributed by atoms with E-state index in [0.29, 0.717) is 23.2 Å². The fourth-order valence-corrected chi connectivity index (χ4v) is 2.06. The largest absolute Gasteiger partial charge is 0.292 e. The zero-order chi connectivity index (χ0) is 11.5. The van der Waals surface area contributed by atoms with Gasteiger partial charge < -0.3 is 0 Å². The van der Waals surface area contributed by atoms with Crippen LogP contribution in [0.3, 0.4) is 0 Å². The summed E-state index contributed by atoms with van der Waals surface area (Å²) >= 11 is 6.01. The van der Waals surface area contributed by atoms with E-state index in [1.807, 2.05) is 6.08 Å². The van der Waals surface area contributed by atoms with E-state index in [0.717, 1.165) is 6.54 Å². The highest BCUT2D eigenvalue weighted by molar-refractivity contribution is 6.31. The van der Waals surface area contributed by atoms with Crippen LogP contribution in [0.25, 0.3) is 0 Å². The monoisotopic (exact) mass is 239 g/mol. The molecule has 0 aliphatic heterocycles. The van der Waals surface area contributed by atoms with Crippen LogP contribution in [0, 0.1) is 5.82 Å². The van der Waals surface area contributed by atoms with E-state index in [1.54, 1.807) is 12.1 Å². The smallest absolute Gasteiger partial charge is 0.129 e. The summed E-state index contributed by atoms with van der Waals surface area (Å²) < 4.78 is 13.6. The van der Waals surface area contributed by atoms with Crippen molar-refractivity contribution in [3.05, 3.63) is 47.3 Å². The van der Waals surface area contributed by atoms with E-state index in [9.17, 15) is 4.39 Å². The average molecular weight is 240 g/mol. The second-order valence-corrected chi connectivity index (χ2v) is 4.56. The Morgan fingerprint density at radius 2 is 2.25 bits per heavy atom. The molecule has 0 atom stereocenters. The van der Waals surface area contributed by atoms with Crippen molar-refractivity contribution in [2.24, 2.45) is 0 Å². The number of hydrogen-bond donors (Lipinski definition) is 0. The lowest BCUT2D eigenvalue weighted by atomic mass is 10.2. The lowest BCUT2D eigenvalue weighted by Gasteiger charge is -2.21. The van der Waals surface area contributed by atoms with E-state index in [2.05, 4.69) is 11.5 Å². The molecule has 1 fully saturated rings. The van der Waals surface area contributed by atoms with Crippen LogP contribution in [0.4, 0.5) is 4.39 Å². The first-order valence-corrected chi connectivity index (χ1v) is 5.88. The highest BCUT2D eigenvalue weighted by atomic mass is 35.5. The third-order valence-electron chi connectivity index (χ3n) is 2.85. The highest BCUT2D eigenvalue weighted by Gasteiger charge is 2.28. The predicted molar refractivity (Wildman–Crippen MR) is 65.0 cm³/mol. The summed E-state index contributed by atoms with van der Waals surface area (Å²) in [5.74, 6) is -0.220. The molecule has 3 heteroatoms. The molecule has 0 bridgehead atoms. The Hall–Kier alpha value is -0.860. The van der Waals surface area contributed by atoms with Crippen molar-refractivity contribution in [1.82, 2.24) is 4.90 Å². The number of benzene rings is 1. The number of hydrogen-bond acceptors (Lipinski definition) is 1. The average Bonchev–Trinajstić information content (AvgIpc) is 3.06. The Morgan fingerprint density at radius 3 is 2.81 bits per heavy atom. The summed E-state index contributed by atoms with van der Waals surface area (Å²) in [6.45, 7) is 5.09. The molecule has 0 amide bonds. The molecule has 0 unspecified atom stereocenters. The maximum atomic E-state index is 13.6. The fourth-order valence-electron chi connectivity index (χ4n) is 1.83. The van der Waals surface area contributed by atoms with Gasteiger partial charge in [0, 0.05) is 29.7 Å².